The van der Waals surface area contributed by atoms with Gasteiger partial charge in [-0.2, -0.15) is 0 Å². The summed E-state index contributed by atoms with van der Waals surface area (Å²) in [6.07, 6.45) is 6.71. The predicted molar refractivity (Wildman–Crippen MR) is 114 cm³/mol. The Labute approximate surface area is 169 Å². The third kappa shape index (κ3) is 2.39. The normalized spacial score (nSPS) is 23.0. The van der Waals surface area contributed by atoms with Crippen LogP contribution >= 0.6 is 11.6 Å². The number of amides is 1. The van der Waals surface area contributed by atoms with Crippen molar-refractivity contribution >= 4 is 28.8 Å². The van der Waals surface area contributed by atoms with Crippen LogP contribution in [0.5, 0.6) is 0 Å². The molecule has 0 unspecified atom stereocenters. The van der Waals surface area contributed by atoms with Crippen LogP contribution in [0.1, 0.15) is 29.7 Å². The quantitative estimate of drug-likeness (QED) is 0.556. The molecule has 1 spiro atoms. The second-order valence-electron chi connectivity index (χ2n) is 7.55. The molecule has 0 saturated heterocycles. The lowest BCUT2D eigenvalue weighted by Gasteiger charge is -2.34. The van der Waals surface area contributed by atoms with Gasteiger partial charge < -0.3 is 9.47 Å². The van der Waals surface area contributed by atoms with E-state index in [4.69, 9.17) is 11.6 Å². The maximum absolute atomic E-state index is 13.7. The topological polar surface area (TPSA) is 25.2 Å². The van der Waals surface area contributed by atoms with Crippen LogP contribution in [0.3, 0.4) is 0 Å². The lowest BCUT2D eigenvalue weighted by molar-refractivity contribution is -0.124. The molecule has 0 N–H and O–H groups in total. The number of hydrogen-bond acceptors (Lipinski definition) is 1. The van der Waals surface area contributed by atoms with E-state index in [1.54, 1.807) is 4.90 Å². The minimum absolute atomic E-state index is 0.108. The monoisotopic (exact) mass is 388 g/mol. The maximum Gasteiger partial charge on any atom is 0.257 e. The molecule has 3 heterocycles. The predicted octanol–water partition coefficient (Wildman–Crippen LogP) is 5.28. The molecule has 0 bridgehead atoms. The van der Waals surface area contributed by atoms with E-state index in [1.165, 1.54) is 11.1 Å². The molecule has 2 aliphatic heterocycles. The Morgan fingerprint density at radius 2 is 1.86 bits per heavy atom. The number of halogens is 1. The standard InChI is InChI=1S/C24H21ClN2O/c1-26-22-16-19(25)10-12-21(22)24(23(26)28)14-13-18(17-6-3-2-4-7-17)9-11-20-8-5-15-27(20)24/h2-10,12,15-16H,11,13-14H2,1H3/b18-9+/t24-/m1/s1. The van der Waals surface area contributed by atoms with Crippen LogP contribution in [0.2, 0.25) is 5.02 Å². The van der Waals surface area contributed by atoms with Gasteiger partial charge in [-0.3, -0.25) is 4.79 Å². The molecule has 1 atom stereocenters. The summed E-state index contributed by atoms with van der Waals surface area (Å²) in [5.74, 6) is 0.108. The van der Waals surface area contributed by atoms with Crippen LogP contribution < -0.4 is 4.90 Å². The van der Waals surface area contributed by atoms with Crippen molar-refractivity contribution in [2.45, 2.75) is 24.8 Å². The smallest absolute Gasteiger partial charge is 0.257 e. The van der Waals surface area contributed by atoms with E-state index < -0.39 is 5.54 Å². The molecule has 0 aliphatic carbocycles. The van der Waals surface area contributed by atoms with Gasteiger partial charge in [0.25, 0.3) is 5.91 Å². The molecule has 0 radical (unpaired) electrons. The van der Waals surface area contributed by atoms with Crippen molar-refractivity contribution < 1.29 is 4.79 Å². The number of allylic oxidation sites excluding steroid dienone is 2. The minimum Gasteiger partial charge on any atom is -0.332 e. The van der Waals surface area contributed by atoms with Crippen molar-refractivity contribution in [1.29, 1.82) is 0 Å². The van der Waals surface area contributed by atoms with Gasteiger partial charge in [0.2, 0.25) is 0 Å². The molecular formula is C24H21ClN2O. The average molecular weight is 389 g/mol. The molecular weight excluding hydrogens is 368 g/mol. The first-order valence-electron chi connectivity index (χ1n) is 9.60. The Hall–Kier alpha value is -2.78. The molecule has 1 aromatic heterocycles. The Bertz CT molecular complexity index is 1100. The highest BCUT2D eigenvalue weighted by atomic mass is 35.5. The first kappa shape index (κ1) is 17.3. The van der Waals surface area contributed by atoms with Crippen molar-refractivity contribution in [2.24, 2.45) is 0 Å². The Balaban J connectivity index is 1.70. The van der Waals surface area contributed by atoms with E-state index in [0.717, 1.165) is 29.8 Å². The van der Waals surface area contributed by atoms with E-state index in [9.17, 15) is 4.79 Å². The number of benzene rings is 2. The lowest BCUT2D eigenvalue weighted by Crippen LogP contribution is -2.45. The van der Waals surface area contributed by atoms with Gasteiger partial charge in [0.15, 0.2) is 5.54 Å². The van der Waals surface area contributed by atoms with Crippen LogP contribution in [0.4, 0.5) is 5.69 Å². The minimum atomic E-state index is -0.720. The number of likely N-dealkylation sites (N-methyl/N-ethyl adjacent to an activating group) is 1. The Morgan fingerprint density at radius 3 is 2.68 bits per heavy atom. The zero-order valence-electron chi connectivity index (χ0n) is 15.7. The summed E-state index contributed by atoms with van der Waals surface area (Å²) in [4.78, 5) is 15.4. The van der Waals surface area contributed by atoms with Gasteiger partial charge in [0, 0.05) is 35.9 Å². The number of nitrogens with zero attached hydrogens (tertiary/aromatic N) is 2. The van der Waals surface area contributed by atoms with Crippen molar-refractivity contribution in [3.8, 4) is 0 Å². The summed E-state index contributed by atoms with van der Waals surface area (Å²) >= 11 is 6.25. The van der Waals surface area contributed by atoms with E-state index in [2.05, 4.69) is 41.0 Å². The number of anilines is 1. The highest BCUT2D eigenvalue weighted by Crippen LogP contribution is 2.48. The third-order valence-electron chi connectivity index (χ3n) is 6.13. The Morgan fingerprint density at radius 1 is 1.04 bits per heavy atom. The lowest BCUT2D eigenvalue weighted by atomic mass is 9.82. The van der Waals surface area contributed by atoms with Gasteiger partial charge >= 0.3 is 0 Å². The number of carbonyl (C=O) groups is 1. The van der Waals surface area contributed by atoms with E-state index >= 15 is 0 Å². The average Bonchev–Trinajstić information content (AvgIpc) is 3.24. The van der Waals surface area contributed by atoms with Gasteiger partial charge in [0.1, 0.15) is 0 Å². The fourth-order valence-electron chi connectivity index (χ4n) is 4.74. The van der Waals surface area contributed by atoms with Crippen LogP contribution in [0, 0.1) is 0 Å². The molecule has 0 saturated carbocycles. The second kappa shape index (κ2) is 6.39. The fourth-order valence-corrected chi connectivity index (χ4v) is 4.91. The number of rotatable bonds is 1. The molecule has 5 rings (SSSR count). The fraction of sp³-hybridized carbons (Fsp3) is 0.208. The Kier molecular flexibility index (Phi) is 3.95. The SMILES string of the molecule is CN1C(=O)[C@@]2(CC/C(c3ccccc3)=C\Cc3cccn32)c2ccc(Cl)cc21. The largest absolute Gasteiger partial charge is 0.332 e. The van der Waals surface area contributed by atoms with Gasteiger partial charge in [-0.25, -0.2) is 0 Å². The van der Waals surface area contributed by atoms with E-state index in [1.807, 2.05) is 43.6 Å². The molecule has 2 aromatic carbocycles. The van der Waals surface area contributed by atoms with Crippen LogP contribution in [0.15, 0.2) is 72.9 Å². The summed E-state index contributed by atoms with van der Waals surface area (Å²) in [5.41, 5.74) is 4.90. The summed E-state index contributed by atoms with van der Waals surface area (Å²) in [7, 11) is 1.85. The van der Waals surface area contributed by atoms with Crippen molar-refractivity contribution in [1.82, 2.24) is 4.57 Å². The highest BCUT2D eigenvalue weighted by Gasteiger charge is 2.51. The summed E-state index contributed by atoms with van der Waals surface area (Å²) < 4.78 is 2.18. The van der Waals surface area contributed by atoms with Crippen LogP contribution in [0.25, 0.3) is 5.57 Å². The summed E-state index contributed by atoms with van der Waals surface area (Å²) in [5, 5.41) is 0.652. The number of fused-ring (bicyclic) bond motifs is 4. The molecule has 1 amide bonds. The molecule has 4 heteroatoms. The maximum atomic E-state index is 13.7. The molecule has 140 valence electrons. The van der Waals surface area contributed by atoms with Crippen molar-refractivity contribution in [3.05, 3.63) is 94.8 Å². The first-order valence-corrected chi connectivity index (χ1v) is 9.98. The summed E-state index contributed by atoms with van der Waals surface area (Å²) in [6.45, 7) is 0. The van der Waals surface area contributed by atoms with Crippen LogP contribution in [-0.2, 0) is 16.8 Å². The third-order valence-corrected chi connectivity index (χ3v) is 6.36. The van der Waals surface area contributed by atoms with Crippen LogP contribution in [-0.4, -0.2) is 17.5 Å². The van der Waals surface area contributed by atoms with Gasteiger partial charge in [-0.05, 0) is 48.2 Å². The zero-order chi connectivity index (χ0) is 19.3. The van der Waals surface area contributed by atoms with E-state index in [0.29, 0.717) is 11.4 Å². The van der Waals surface area contributed by atoms with Crippen molar-refractivity contribution in [3.63, 3.8) is 0 Å². The highest BCUT2D eigenvalue weighted by molar-refractivity contribution is 6.31. The second-order valence-corrected chi connectivity index (χ2v) is 7.99. The van der Waals surface area contributed by atoms with Gasteiger partial charge in [-0.15, -0.1) is 0 Å². The first-order chi connectivity index (χ1) is 13.6. The molecule has 28 heavy (non-hydrogen) atoms. The van der Waals surface area contributed by atoms with Gasteiger partial charge in [-0.1, -0.05) is 54.1 Å². The number of hydrogen-bond donors (Lipinski definition) is 0. The summed E-state index contributed by atoms with van der Waals surface area (Å²) in [6, 6.07) is 20.5. The number of carbonyl (C=O) groups excluding carboxylic acids is 1. The zero-order valence-corrected chi connectivity index (χ0v) is 16.5. The molecule has 0 fully saturated rings. The molecule has 2 aliphatic rings. The van der Waals surface area contributed by atoms with E-state index in [-0.39, 0.29) is 5.91 Å². The van der Waals surface area contributed by atoms with Gasteiger partial charge in [0.05, 0.1) is 5.69 Å². The molecule has 3 nitrogen and oxygen atoms in total. The number of aromatic nitrogens is 1. The van der Waals surface area contributed by atoms with Crippen molar-refractivity contribution in [2.75, 3.05) is 11.9 Å². The molecule has 3 aromatic rings.